The maximum Gasteiger partial charge on any atom is 0.292 e. The molecule has 1 aliphatic heterocycles. The van der Waals surface area contributed by atoms with E-state index in [2.05, 4.69) is 11.2 Å². The van der Waals surface area contributed by atoms with Gasteiger partial charge in [-0.25, -0.2) is 0 Å². The van der Waals surface area contributed by atoms with Crippen LogP contribution in [0.15, 0.2) is 59.5 Å². The number of hydrogen-bond donors (Lipinski definition) is 0. The van der Waals surface area contributed by atoms with Gasteiger partial charge in [-0.1, -0.05) is 29.8 Å². The first kappa shape index (κ1) is 19.9. The van der Waals surface area contributed by atoms with E-state index in [0.717, 1.165) is 29.0 Å². The Hall–Kier alpha value is -3.39. The van der Waals surface area contributed by atoms with Crippen molar-refractivity contribution in [2.24, 2.45) is 0 Å². The third-order valence-corrected chi connectivity index (χ3v) is 5.67. The van der Waals surface area contributed by atoms with Crippen molar-refractivity contribution in [3.05, 3.63) is 85.8 Å². The predicted octanol–water partition coefficient (Wildman–Crippen LogP) is 3.80. The quantitative estimate of drug-likeness (QED) is 0.455. The van der Waals surface area contributed by atoms with Crippen LogP contribution >= 0.6 is 11.6 Å². The van der Waals surface area contributed by atoms with Crippen LogP contribution in [0.2, 0.25) is 5.02 Å². The molecule has 2 heterocycles. The number of ether oxygens (including phenoxy) is 1. The van der Waals surface area contributed by atoms with Gasteiger partial charge in [0.1, 0.15) is 10.8 Å². The van der Waals surface area contributed by atoms with Gasteiger partial charge in [-0.15, -0.1) is 0 Å². The molecular weight excluding hydrogens is 408 g/mol. The molecule has 1 fully saturated rings. The van der Waals surface area contributed by atoms with E-state index in [9.17, 15) is 14.9 Å². The molecule has 0 radical (unpaired) electrons. The van der Waals surface area contributed by atoms with Crippen LogP contribution in [0.4, 0.5) is 11.4 Å². The minimum atomic E-state index is -0.498. The van der Waals surface area contributed by atoms with Gasteiger partial charge in [0.25, 0.3) is 11.2 Å². The Bertz CT molecular complexity index is 1150. The second kappa shape index (κ2) is 8.16. The lowest BCUT2D eigenvalue weighted by Gasteiger charge is -2.20. The molecule has 9 heteroatoms. The zero-order valence-electron chi connectivity index (χ0n) is 16.2. The molecule has 0 N–H and O–H groups in total. The number of nitro benzene ring substituents is 1. The topological polar surface area (TPSA) is 90.5 Å². The van der Waals surface area contributed by atoms with Crippen LogP contribution in [0.25, 0.3) is 5.69 Å². The summed E-state index contributed by atoms with van der Waals surface area (Å²) in [4.78, 5) is 25.2. The summed E-state index contributed by atoms with van der Waals surface area (Å²) in [6.07, 6.45) is 2.47. The van der Waals surface area contributed by atoms with Crippen LogP contribution in [-0.4, -0.2) is 34.9 Å². The van der Waals surface area contributed by atoms with Gasteiger partial charge in [0.2, 0.25) is 0 Å². The summed E-state index contributed by atoms with van der Waals surface area (Å²) >= 11 is 6.41. The van der Waals surface area contributed by atoms with Crippen molar-refractivity contribution >= 4 is 23.0 Å². The van der Waals surface area contributed by atoms with Gasteiger partial charge < -0.3 is 9.64 Å². The van der Waals surface area contributed by atoms with E-state index in [-0.39, 0.29) is 16.6 Å². The minimum absolute atomic E-state index is 0.0611. The Labute approximate surface area is 177 Å². The molecule has 30 heavy (non-hydrogen) atoms. The van der Waals surface area contributed by atoms with Gasteiger partial charge in [0, 0.05) is 31.1 Å². The summed E-state index contributed by atoms with van der Waals surface area (Å²) in [5.41, 5.74) is 1.59. The number of hydrogen-bond acceptors (Lipinski definition) is 6. The Morgan fingerprint density at radius 2 is 1.93 bits per heavy atom. The van der Waals surface area contributed by atoms with E-state index in [1.165, 1.54) is 24.3 Å². The van der Waals surface area contributed by atoms with E-state index in [4.69, 9.17) is 16.3 Å². The van der Waals surface area contributed by atoms with E-state index >= 15 is 0 Å². The number of methoxy groups -OCH3 is 1. The number of nitrogens with zero attached hydrogens (tertiary/aromatic N) is 4. The Balaban J connectivity index is 1.60. The molecule has 2 aromatic carbocycles. The van der Waals surface area contributed by atoms with E-state index in [1.807, 2.05) is 23.1 Å². The Kier molecular flexibility index (Phi) is 5.41. The molecule has 0 spiro atoms. The zero-order valence-corrected chi connectivity index (χ0v) is 17.0. The fourth-order valence-corrected chi connectivity index (χ4v) is 4.03. The van der Waals surface area contributed by atoms with Crippen molar-refractivity contribution in [1.82, 2.24) is 9.78 Å². The highest BCUT2D eigenvalue weighted by atomic mass is 35.5. The molecule has 154 valence electrons. The second-order valence-electron chi connectivity index (χ2n) is 7.01. The minimum Gasteiger partial charge on any atom is -0.496 e. The van der Waals surface area contributed by atoms with Gasteiger partial charge in [-0.05, 0) is 30.2 Å². The molecule has 0 bridgehead atoms. The summed E-state index contributed by atoms with van der Waals surface area (Å²) in [5, 5.41) is 15.1. The molecule has 0 amide bonds. The third kappa shape index (κ3) is 3.61. The summed E-state index contributed by atoms with van der Waals surface area (Å²) in [6.45, 7) is 1.44. The molecule has 0 saturated carbocycles. The first-order valence-corrected chi connectivity index (χ1v) is 9.78. The van der Waals surface area contributed by atoms with E-state index in [0.29, 0.717) is 17.9 Å². The molecular formula is C21H19ClN4O4. The molecule has 8 nitrogen and oxygen atoms in total. The number of rotatable bonds is 5. The van der Waals surface area contributed by atoms with Crippen LogP contribution in [0.5, 0.6) is 5.75 Å². The monoisotopic (exact) mass is 426 g/mol. The van der Waals surface area contributed by atoms with Crippen LogP contribution < -0.4 is 15.2 Å². The van der Waals surface area contributed by atoms with Crippen LogP contribution in [0.3, 0.4) is 0 Å². The van der Waals surface area contributed by atoms with Gasteiger partial charge in [-0.3, -0.25) is 14.9 Å². The number of aromatic nitrogens is 2. The van der Waals surface area contributed by atoms with Gasteiger partial charge >= 0.3 is 0 Å². The number of halogens is 1. The number of nitro groups is 1. The standard InChI is InChI=1S/C21H19ClN4O4/c1-30-19-5-3-2-4-17(19)14-10-11-24(13-14)18-12-23-25(21(27)20(18)22)15-6-8-16(9-7-15)26(28)29/h2-9,12,14H,10-11,13H2,1H3. The number of para-hydroxylation sites is 1. The average Bonchev–Trinajstić information content (AvgIpc) is 3.25. The third-order valence-electron chi connectivity index (χ3n) is 5.31. The zero-order chi connectivity index (χ0) is 21.3. The van der Waals surface area contributed by atoms with Gasteiger partial charge in [-0.2, -0.15) is 9.78 Å². The SMILES string of the molecule is COc1ccccc1C1CCN(c2cnn(-c3ccc([N+](=O)[O-])cc3)c(=O)c2Cl)C1. The highest BCUT2D eigenvalue weighted by molar-refractivity contribution is 6.33. The average molecular weight is 427 g/mol. The second-order valence-corrected chi connectivity index (χ2v) is 7.39. The lowest BCUT2D eigenvalue weighted by Crippen LogP contribution is -2.27. The van der Waals surface area contributed by atoms with E-state index in [1.54, 1.807) is 13.3 Å². The maximum atomic E-state index is 12.8. The Morgan fingerprint density at radius 1 is 1.20 bits per heavy atom. The number of benzene rings is 2. The molecule has 1 atom stereocenters. The fourth-order valence-electron chi connectivity index (χ4n) is 3.78. The van der Waals surface area contributed by atoms with Gasteiger partial charge in [0.15, 0.2) is 0 Å². The molecule has 1 saturated heterocycles. The summed E-state index contributed by atoms with van der Waals surface area (Å²) < 4.78 is 6.62. The molecule has 1 unspecified atom stereocenters. The van der Waals surface area contributed by atoms with Crippen molar-refractivity contribution in [2.75, 3.05) is 25.1 Å². The molecule has 4 rings (SSSR count). The highest BCUT2D eigenvalue weighted by Gasteiger charge is 2.28. The Morgan fingerprint density at radius 3 is 2.63 bits per heavy atom. The van der Waals surface area contributed by atoms with Crippen molar-refractivity contribution in [3.63, 3.8) is 0 Å². The van der Waals surface area contributed by atoms with Crippen molar-refractivity contribution in [1.29, 1.82) is 0 Å². The smallest absolute Gasteiger partial charge is 0.292 e. The van der Waals surface area contributed by atoms with Crippen LogP contribution in [0.1, 0.15) is 17.9 Å². The van der Waals surface area contributed by atoms with Crippen molar-refractivity contribution in [2.45, 2.75) is 12.3 Å². The van der Waals surface area contributed by atoms with Crippen molar-refractivity contribution < 1.29 is 9.66 Å². The lowest BCUT2D eigenvalue weighted by atomic mass is 9.97. The number of anilines is 1. The summed E-state index contributed by atoms with van der Waals surface area (Å²) in [6, 6.07) is 13.5. The van der Waals surface area contributed by atoms with Crippen LogP contribution in [-0.2, 0) is 0 Å². The predicted molar refractivity (Wildman–Crippen MR) is 114 cm³/mol. The maximum absolute atomic E-state index is 12.8. The lowest BCUT2D eigenvalue weighted by molar-refractivity contribution is -0.384. The van der Waals surface area contributed by atoms with Gasteiger partial charge in [0.05, 0.1) is 29.6 Å². The normalized spacial score (nSPS) is 15.9. The largest absolute Gasteiger partial charge is 0.496 e. The fraction of sp³-hybridized carbons (Fsp3) is 0.238. The highest BCUT2D eigenvalue weighted by Crippen LogP contribution is 2.36. The first-order valence-electron chi connectivity index (χ1n) is 9.40. The van der Waals surface area contributed by atoms with Crippen LogP contribution in [0, 0.1) is 10.1 Å². The summed E-state index contributed by atoms with van der Waals surface area (Å²) in [7, 11) is 1.66. The molecule has 0 aliphatic carbocycles. The molecule has 3 aromatic rings. The van der Waals surface area contributed by atoms with E-state index < -0.39 is 10.5 Å². The molecule has 1 aliphatic rings. The molecule has 1 aromatic heterocycles. The first-order chi connectivity index (χ1) is 14.5. The number of non-ortho nitro benzene ring substituents is 1. The van der Waals surface area contributed by atoms with Crippen molar-refractivity contribution in [3.8, 4) is 11.4 Å². The summed E-state index contributed by atoms with van der Waals surface area (Å²) in [5.74, 6) is 1.11.